The van der Waals surface area contributed by atoms with Gasteiger partial charge in [0.25, 0.3) is 0 Å². The molecule has 0 radical (unpaired) electrons. The molecule has 1 aromatic carbocycles. The monoisotopic (exact) mass is 219 g/mol. The van der Waals surface area contributed by atoms with Gasteiger partial charge in [-0.2, -0.15) is 0 Å². The van der Waals surface area contributed by atoms with E-state index in [0.29, 0.717) is 5.41 Å². The highest BCUT2D eigenvalue weighted by Crippen LogP contribution is 2.50. The predicted molar refractivity (Wildman–Crippen MR) is 67.0 cm³/mol. The normalized spacial score (nSPS) is 17.5. The smallest absolute Gasteiger partial charge is 0.123 e. The fraction of sp³-hybridized carbons (Fsp3) is 0.571. The fourth-order valence-corrected chi connectivity index (χ4v) is 2.29. The topological polar surface area (TPSA) is 21.3 Å². The number of hydrogen-bond donors (Lipinski definition) is 1. The van der Waals surface area contributed by atoms with Gasteiger partial charge in [0, 0.05) is 17.5 Å². The zero-order chi connectivity index (χ0) is 11.6. The minimum absolute atomic E-state index is 0.242. The van der Waals surface area contributed by atoms with Crippen LogP contribution >= 0.6 is 0 Å². The highest BCUT2D eigenvalue weighted by molar-refractivity contribution is 5.43. The summed E-state index contributed by atoms with van der Waals surface area (Å²) in [6.45, 7) is 5.20. The second-order valence-electron chi connectivity index (χ2n) is 4.97. The lowest BCUT2D eigenvalue weighted by atomic mass is 9.95. The molecule has 2 heteroatoms. The predicted octanol–water partition coefficient (Wildman–Crippen LogP) is 2.72. The molecule has 2 nitrogen and oxygen atoms in total. The second-order valence-corrected chi connectivity index (χ2v) is 4.97. The van der Waals surface area contributed by atoms with Gasteiger partial charge in [0.05, 0.1) is 6.10 Å². The molecule has 88 valence electrons. The molecule has 0 aromatic heterocycles. The molecule has 1 aliphatic carbocycles. The Morgan fingerprint density at radius 3 is 2.56 bits per heavy atom. The van der Waals surface area contributed by atoms with E-state index in [1.165, 1.54) is 18.4 Å². The van der Waals surface area contributed by atoms with E-state index in [4.69, 9.17) is 4.74 Å². The molecule has 2 rings (SSSR count). The summed E-state index contributed by atoms with van der Waals surface area (Å²) in [5.74, 6) is 1.06. The average Bonchev–Trinajstić information content (AvgIpc) is 2.99. The zero-order valence-electron chi connectivity index (χ0n) is 10.4. The Morgan fingerprint density at radius 1 is 1.31 bits per heavy atom. The summed E-state index contributed by atoms with van der Waals surface area (Å²) in [6.07, 6.45) is 2.78. The first-order valence-electron chi connectivity index (χ1n) is 6.09. The van der Waals surface area contributed by atoms with E-state index in [1.807, 2.05) is 7.05 Å². The van der Waals surface area contributed by atoms with Gasteiger partial charge in [0.2, 0.25) is 0 Å². The maximum Gasteiger partial charge on any atom is 0.123 e. The summed E-state index contributed by atoms with van der Waals surface area (Å²) in [5, 5.41) is 3.29. The molecule has 0 heterocycles. The van der Waals surface area contributed by atoms with Gasteiger partial charge < -0.3 is 10.1 Å². The summed E-state index contributed by atoms with van der Waals surface area (Å²) >= 11 is 0. The molecule has 0 aliphatic heterocycles. The quantitative estimate of drug-likeness (QED) is 0.822. The number of nitrogens with one attached hydrogen (secondary N) is 1. The van der Waals surface area contributed by atoms with Gasteiger partial charge in [-0.15, -0.1) is 0 Å². The maximum atomic E-state index is 5.89. The van der Waals surface area contributed by atoms with Crippen LogP contribution in [0.2, 0.25) is 0 Å². The molecular formula is C14H21NO. The van der Waals surface area contributed by atoms with Crippen molar-refractivity contribution < 1.29 is 4.74 Å². The van der Waals surface area contributed by atoms with Crippen molar-refractivity contribution in [1.82, 2.24) is 5.32 Å². The van der Waals surface area contributed by atoms with Crippen molar-refractivity contribution in [3.8, 4) is 5.75 Å². The van der Waals surface area contributed by atoms with Crippen molar-refractivity contribution in [1.29, 1.82) is 0 Å². The molecule has 1 fully saturated rings. The van der Waals surface area contributed by atoms with Crippen LogP contribution in [-0.4, -0.2) is 19.7 Å². The summed E-state index contributed by atoms with van der Waals surface area (Å²) in [4.78, 5) is 0. The van der Waals surface area contributed by atoms with Gasteiger partial charge in [-0.05, 0) is 39.8 Å². The zero-order valence-corrected chi connectivity index (χ0v) is 10.4. The molecule has 0 amide bonds. The Bertz CT molecular complexity index is 356. The number of hydrogen-bond acceptors (Lipinski definition) is 2. The molecule has 1 N–H and O–H groups in total. The summed E-state index contributed by atoms with van der Waals surface area (Å²) in [7, 11) is 2.02. The number of benzene rings is 1. The number of para-hydroxylation sites is 1. The highest BCUT2D eigenvalue weighted by Gasteiger charge is 2.45. The fourth-order valence-electron chi connectivity index (χ4n) is 2.29. The molecule has 16 heavy (non-hydrogen) atoms. The lowest BCUT2D eigenvalue weighted by Crippen LogP contribution is -2.24. The first-order chi connectivity index (χ1) is 7.68. The van der Waals surface area contributed by atoms with Crippen molar-refractivity contribution >= 4 is 0 Å². The minimum atomic E-state index is 0.242. The van der Waals surface area contributed by atoms with E-state index < -0.39 is 0 Å². The third kappa shape index (κ3) is 2.22. The largest absolute Gasteiger partial charge is 0.491 e. The number of ether oxygens (including phenoxy) is 1. The maximum absolute atomic E-state index is 5.89. The summed E-state index contributed by atoms with van der Waals surface area (Å²) < 4.78 is 5.89. The van der Waals surface area contributed by atoms with Gasteiger partial charge in [0.15, 0.2) is 0 Å². The van der Waals surface area contributed by atoms with Crippen LogP contribution in [0.25, 0.3) is 0 Å². The minimum Gasteiger partial charge on any atom is -0.491 e. The van der Waals surface area contributed by atoms with E-state index in [9.17, 15) is 0 Å². The molecule has 0 saturated heterocycles. The van der Waals surface area contributed by atoms with Crippen LogP contribution in [0.15, 0.2) is 24.3 Å². The van der Waals surface area contributed by atoms with Crippen molar-refractivity contribution in [2.45, 2.75) is 38.2 Å². The molecule has 1 aliphatic rings. The Balaban J connectivity index is 2.26. The molecule has 0 bridgehead atoms. The van der Waals surface area contributed by atoms with E-state index in [1.54, 1.807) is 0 Å². The molecule has 1 saturated carbocycles. The lowest BCUT2D eigenvalue weighted by molar-refractivity contribution is 0.238. The van der Waals surface area contributed by atoms with E-state index in [-0.39, 0.29) is 6.10 Å². The van der Waals surface area contributed by atoms with Crippen molar-refractivity contribution in [2.24, 2.45) is 0 Å². The van der Waals surface area contributed by atoms with Crippen molar-refractivity contribution in [3.05, 3.63) is 29.8 Å². The Morgan fingerprint density at radius 2 is 2.00 bits per heavy atom. The Hall–Kier alpha value is -1.02. The second kappa shape index (κ2) is 4.46. The van der Waals surface area contributed by atoms with Crippen molar-refractivity contribution in [3.63, 3.8) is 0 Å². The Labute approximate surface area is 98.0 Å². The van der Waals surface area contributed by atoms with Crippen molar-refractivity contribution in [2.75, 3.05) is 13.6 Å². The van der Waals surface area contributed by atoms with E-state index in [0.717, 1.165) is 12.3 Å². The van der Waals surface area contributed by atoms with Crippen LogP contribution in [0.5, 0.6) is 5.75 Å². The van der Waals surface area contributed by atoms with E-state index >= 15 is 0 Å². The van der Waals surface area contributed by atoms with Gasteiger partial charge in [-0.3, -0.25) is 0 Å². The average molecular weight is 219 g/mol. The van der Waals surface area contributed by atoms with Gasteiger partial charge in [-0.25, -0.2) is 0 Å². The molecule has 0 spiro atoms. The van der Waals surface area contributed by atoms with Crippen LogP contribution in [0.1, 0.15) is 32.3 Å². The molecular weight excluding hydrogens is 198 g/mol. The third-order valence-corrected chi connectivity index (χ3v) is 3.19. The third-order valence-electron chi connectivity index (χ3n) is 3.19. The van der Waals surface area contributed by atoms with Crippen LogP contribution in [0, 0.1) is 0 Å². The van der Waals surface area contributed by atoms with Gasteiger partial charge in [-0.1, -0.05) is 18.2 Å². The Kier molecular flexibility index (Phi) is 3.20. The molecule has 0 atom stereocenters. The molecule has 0 unspecified atom stereocenters. The molecule has 1 aromatic rings. The SMILES string of the molecule is CNCC1(c2ccccc2OC(C)C)CC1. The van der Waals surface area contributed by atoms with Crippen LogP contribution < -0.4 is 10.1 Å². The number of likely N-dealkylation sites (N-methyl/N-ethyl adjacent to an activating group) is 1. The van der Waals surface area contributed by atoms with Crippen LogP contribution in [-0.2, 0) is 5.41 Å². The van der Waals surface area contributed by atoms with Gasteiger partial charge >= 0.3 is 0 Å². The first kappa shape index (κ1) is 11.5. The van der Waals surface area contributed by atoms with E-state index in [2.05, 4.69) is 43.4 Å². The first-order valence-corrected chi connectivity index (χ1v) is 6.09. The van der Waals surface area contributed by atoms with Gasteiger partial charge in [0.1, 0.15) is 5.75 Å². The van der Waals surface area contributed by atoms with Crippen LogP contribution in [0.4, 0.5) is 0 Å². The number of rotatable bonds is 5. The summed E-state index contributed by atoms with van der Waals surface area (Å²) in [6, 6.07) is 8.46. The highest BCUT2D eigenvalue weighted by atomic mass is 16.5. The van der Waals surface area contributed by atoms with Crippen LogP contribution in [0.3, 0.4) is 0 Å². The lowest BCUT2D eigenvalue weighted by Gasteiger charge is -2.20. The summed E-state index contributed by atoms with van der Waals surface area (Å²) in [5.41, 5.74) is 1.71. The standard InChI is InChI=1S/C14H21NO/c1-11(2)16-13-7-5-4-6-12(13)14(8-9-14)10-15-3/h4-7,11,15H,8-10H2,1-3H3.